The molecule has 0 aliphatic carbocycles. The zero-order valence-corrected chi connectivity index (χ0v) is 9.66. The summed E-state index contributed by atoms with van der Waals surface area (Å²) in [5.74, 6) is -0.0436. The van der Waals surface area contributed by atoms with E-state index in [1.54, 1.807) is 18.2 Å². The van der Waals surface area contributed by atoms with Crippen LogP contribution in [-0.2, 0) is 4.79 Å². The molecule has 0 fully saturated rings. The topological polar surface area (TPSA) is 75.3 Å². The van der Waals surface area contributed by atoms with Crippen LogP contribution < -0.4 is 11.1 Å². The van der Waals surface area contributed by atoms with E-state index >= 15 is 0 Å². The van der Waals surface area contributed by atoms with Crippen LogP contribution in [0.3, 0.4) is 0 Å². The van der Waals surface area contributed by atoms with Crippen molar-refractivity contribution < 1.29 is 9.90 Å². The van der Waals surface area contributed by atoms with E-state index in [0.717, 1.165) is 5.56 Å². The van der Waals surface area contributed by atoms with Gasteiger partial charge >= 0.3 is 0 Å². The van der Waals surface area contributed by atoms with E-state index in [2.05, 4.69) is 5.32 Å². The molecule has 88 valence electrons. The molecule has 16 heavy (non-hydrogen) atoms. The summed E-state index contributed by atoms with van der Waals surface area (Å²) in [5, 5.41) is 12.2. The van der Waals surface area contributed by atoms with Gasteiger partial charge in [-0.05, 0) is 38.0 Å². The number of amides is 1. The first-order chi connectivity index (χ1) is 7.49. The van der Waals surface area contributed by atoms with Gasteiger partial charge in [0.05, 0.1) is 5.69 Å². The minimum atomic E-state index is -0.127. The van der Waals surface area contributed by atoms with Gasteiger partial charge in [-0.2, -0.15) is 0 Å². The predicted octanol–water partition coefficient (Wildman–Crippen LogP) is 1.77. The minimum absolute atomic E-state index is 0.0110. The molecule has 0 saturated heterocycles. The SMILES string of the molecule is Cc1ccc(O)c(NC(=O)CCC(C)N)c1. The highest BCUT2D eigenvalue weighted by Crippen LogP contribution is 2.23. The van der Waals surface area contributed by atoms with E-state index in [-0.39, 0.29) is 17.7 Å². The Balaban J connectivity index is 2.59. The fourth-order valence-electron chi connectivity index (χ4n) is 1.32. The van der Waals surface area contributed by atoms with Crippen LogP contribution >= 0.6 is 0 Å². The van der Waals surface area contributed by atoms with Gasteiger partial charge in [0.25, 0.3) is 0 Å². The van der Waals surface area contributed by atoms with Crippen molar-refractivity contribution in [1.29, 1.82) is 0 Å². The second-order valence-corrected chi connectivity index (χ2v) is 4.08. The van der Waals surface area contributed by atoms with Crippen molar-refractivity contribution in [3.63, 3.8) is 0 Å². The first-order valence-electron chi connectivity index (χ1n) is 5.34. The van der Waals surface area contributed by atoms with Crippen LogP contribution in [0.2, 0.25) is 0 Å². The van der Waals surface area contributed by atoms with E-state index in [9.17, 15) is 9.90 Å². The van der Waals surface area contributed by atoms with Crippen molar-refractivity contribution >= 4 is 11.6 Å². The molecule has 1 unspecified atom stereocenters. The van der Waals surface area contributed by atoms with E-state index in [1.807, 2.05) is 13.8 Å². The maximum absolute atomic E-state index is 11.5. The molecule has 1 rings (SSSR count). The van der Waals surface area contributed by atoms with Crippen LogP contribution in [0.5, 0.6) is 5.75 Å². The van der Waals surface area contributed by atoms with Crippen molar-refractivity contribution in [3.8, 4) is 5.75 Å². The highest BCUT2D eigenvalue weighted by atomic mass is 16.3. The number of carbonyl (C=O) groups excluding carboxylic acids is 1. The van der Waals surface area contributed by atoms with Crippen LogP contribution in [0, 0.1) is 6.92 Å². The third kappa shape index (κ3) is 3.90. The van der Waals surface area contributed by atoms with Crippen LogP contribution in [0.25, 0.3) is 0 Å². The van der Waals surface area contributed by atoms with Crippen LogP contribution in [0.1, 0.15) is 25.3 Å². The van der Waals surface area contributed by atoms with Crippen molar-refractivity contribution in [1.82, 2.24) is 0 Å². The van der Waals surface area contributed by atoms with Crippen molar-refractivity contribution in [2.45, 2.75) is 32.7 Å². The number of phenolic OH excluding ortho intramolecular Hbond substituents is 1. The molecule has 1 atom stereocenters. The van der Waals surface area contributed by atoms with E-state index in [1.165, 1.54) is 0 Å². The van der Waals surface area contributed by atoms with Gasteiger partial charge in [0.1, 0.15) is 5.75 Å². The lowest BCUT2D eigenvalue weighted by atomic mass is 10.1. The zero-order chi connectivity index (χ0) is 12.1. The van der Waals surface area contributed by atoms with Gasteiger partial charge < -0.3 is 16.2 Å². The summed E-state index contributed by atoms with van der Waals surface area (Å²) in [5.41, 5.74) is 7.00. The Morgan fingerprint density at radius 3 is 2.88 bits per heavy atom. The third-order valence-corrected chi connectivity index (χ3v) is 2.25. The van der Waals surface area contributed by atoms with E-state index in [4.69, 9.17) is 5.73 Å². The number of aryl methyl sites for hydroxylation is 1. The van der Waals surface area contributed by atoms with Crippen LogP contribution in [0.15, 0.2) is 18.2 Å². The number of rotatable bonds is 4. The van der Waals surface area contributed by atoms with Crippen molar-refractivity contribution in [3.05, 3.63) is 23.8 Å². The normalized spacial score (nSPS) is 12.2. The molecule has 1 aromatic rings. The molecule has 0 bridgehead atoms. The number of aromatic hydroxyl groups is 1. The monoisotopic (exact) mass is 222 g/mol. The first-order valence-corrected chi connectivity index (χ1v) is 5.34. The largest absolute Gasteiger partial charge is 0.506 e. The zero-order valence-electron chi connectivity index (χ0n) is 9.66. The lowest BCUT2D eigenvalue weighted by molar-refractivity contribution is -0.116. The third-order valence-electron chi connectivity index (χ3n) is 2.25. The Hall–Kier alpha value is -1.55. The molecule has 4 heteroatoms. The Bertz CT molecular complexity index is 375. The lowest BCUT2D eigenvalue weighted by Crippen LogP contribution is -2.19. The molecule has 0 aromatic heterocycles. The molecule has 4 nitrogen and oxygen atoms in total. The van der Waals surface area contributed by atoms with Gasteiger partial charge in [-0.3, -0.25) is 4.79 Å². The molecule has 0 saturated carbocycles. The molecule has 0 aliphatic rings. The summed E-state index contributed by atoms with van der Waals surface area (Å²) in [6, 6.07) is 5.10. The number of benzene rings is 1. The second-order valence-electron chi connectivity index (χ2n) is 4.08. The van der Waals surface area contributed by atoms with Crippen molar-refractivity contribution in [2.75, 3.05) is 5.32 Å². The molecule has 0 heterocycles. The highest BCUT2D eigenvalue weighted by Gasteiger charge is 2.07. The molecular weight excluding hydrogens is 204 g/mol. The Morgan fingerprint density at radius 2 is 2.25 bits per heavy atom. The molecule has 1 aromatic carbocycles. The predicted molar refractivity (Wildman–Crippen MR) is 64.4 cm³/mol. The van der Waals surface area contributed by atoms with Crippen LogP contribution in [-0.4, -0.2) is 17.1 Å². The second kappa shape index (κ2) is 5.51. The molecule has 0 aliphatic heterocycles. The Kier molecular flexibility index (Phi) is 4.31. The van der Waals surface area contributed by atoms with Crippen molar-refractivity contribution in [2.24, 2.45) is 5.73 Å². The average Bonchev–Trinajstić information content (AvgIpc) is 2.20. The number of nitrogens with two attached hydrogens (primary N) is 1. The molecular formula is C12H18N2O2. The number of phenols is 1. The number of nitrogens with one attached hydrogen (secondary N) is 1. The fourth-order valence-corrected chi connectivity index (χ4v) is 1.32. The summed E-state index contributed by atoms with van der Waals surface area (Å²) in [6.45, 7) is 3.76. The summed E-state index contributed by atoms with van der Waals surface area (Å²) in [6.07, 6.45) is 1.00. The van der Waals surface area contributed by atoms with E-state index in [0.29, 0.717) is 18.5 Å². The fraction of sp³-hybridized carbons (Fsp3) is 0.417. The number of anilines is 1. The lowest BCUT2D eigenvalue weighted by Gasteiger charge is -2.09. The molecule has 1 amide bonds. The number of hydrogen-bond acceptors (Lipinski definition) is 3. The highest BCUT2D eigenvalue weighted by molar-refractivity contribution is 5.92. The Morgan fingerprint density at radius 1 is 1.56 bits per heavy atom. The quantitative estimate of drug-likeness (QED) is 0.679. The summed E-state index contributed by atoms with van der Waals surface area (Å²) in [4.78, 5) is 11.5. The maximum Gasteiger partial charge on any atom is 0.224 e. The van der Waals surface area contributed by atoms with Gasteiger partial charge in [0.15, 0.2) is 0 Å². The first kappa shape index (κ1) is 12.5. The Labute approximate surface area is 95.5 Å². The van der Waals surface area contributed by atoms with Crippen LogP contribution in [0.4, 0.5) is 5.69 Å². The maximum atomic E-state index is 11.5. The number of hydrogen-bond donors (Lipinski definition) is 3. The molecule has 4 N–H and O–H groups in total. The summed E-state index contributed by atoms with van der Waals surface area (Å²) in [7, 11) is 0. The smallest absolute Gasteiger partial charge is 0.224 e. The molecule has 0 radical (unpaired) electrons. The number of carbonyl (C=O) groups is 1. The standard InChI is InChI=1S/C12H18N2O2/c1-8-3-5-11(15)10(7-8)14-12(16)6-4-9(2)13/h3,5,7,9,15H,4,6,13H2,1-2H3,(H,14,16). The average molecular weight is 222 g/mol. The summed E-state index contributed by atoms with van der Waals surface area (Å²) < 4.78 is 0. The minimum Gasteiger partial charge on any atom is -0.506 e. The van der Waals surface area contributed by atoms with Gasteiger partial charge in [-0.1, -0.05) is 6.07 Å². The van der Waals surface area contributed by atoms with E-state index < -0.39 is 0 Å². The van der Waals surface area contributed by atoms with Gasteiger partial charge in [-0.15, -0.1) is 0 Å². The van der Waals surface area contributed by atoms with Gasteiger partial charge in [-0.25, -0.2) is 0 Å². The molecule has 0 spiro atoms. The van der Waals surface area contributed by atoms with Gasteiger partial charge in [0.2, 0.25) is 5.91 Å². The van der Waals surface area contributed by atoms with Gasteiger partial charge in [0, 0.05) is 12.5 Å². The summed E-state index contributed by atoms with van der Waals surface area (Å²) >= 11 is 0.